The number of piperidine rings is 1. The number of likely N-dealkylation sites (tertiary alicyclic amines) is 1. The van der Waals surface area contributed by atoms with E-state index in [1.165, 1.54) is 19.3 Å². The molecule has 1 unspecified atom stereocenters. The van der Waals surface area contributed by atoms with E-state index in [4.69, 9.17) is 9.47 Å². The fraction of sp³-hybridized carbons (Fsp3) is 0.588. The summed E-state index contributed by atoms with van der Waals surface area (Å²) < 4.78 is 10.6. The van der Waals surface area contributed by atoms with Crippen LogP contribution in [0.15, 0.2) is 24.3 Å². The van der Waals surface area contributed by atoms with E-state index in [1.807, 2.05) is 25.1 Å². The first-order valence-electron chi connectivity index (χ1n) is 7.78. The van der Waals surface area contributed by atoms with Crippen molar-refractivity contribution in [1.29, 1.82) is 0 Å². The van der Waals surface area contributed by atoms with Gasteiger partial charge in [-0.1, -0.05) is 24.6 Å². The van der Waals surface area contributed by atoms with Crippen LogP contribution < -0.4 is 4.74 Å². The minimum absolute atomic E-state index is 0.0421. The van der Waals surface area contributed by atoms with Gasteiger partial charge in [-0.05, 0) is 38.9 Å². The number of benzene rings is 1. The number of hydrogen-bond donors (Lipinski definition) is 0. The molecule has 0 aromatic heterocycles. The van der Waals surface area contributed by atoms with Crippen LogP contribution in [0, 0.1) is 0 Å². The SMILES string of the molecule is CCOC(=O)CC(c1ccccc1OC)N1CCCCC1. The smallest absolute Gasteiger partial charge is 0.307 e. The second kappa shape index (κ2) is 8.03. The molecule has 0 spiro atoms. The molecular formula is C17H25NO3. The van der Waals surface area contributed by atoms with E-state index in [0.29, 0.717) is 13.0 Å². The van der Waals surface area contributed by atoms with Gasteiger partial charge in [0.05, 0.1) is 20.1 Å². The van der Waals surface area contributed by atoms with E-state index < -0.39 is 0 Å². The summed E-state index contributed by atoms with van der Waals surface area (Å²) in [6.07, 6.45) is 4.03. The first-order valence-corrected chi connectivity index (χ1v) is 7.78. The van der Waals surface area contributed by atoms with Gasteiger partial charge in [0.2, 0.25) is 0 Å². The summed E-state index contributed by atoms with van der Waals surface area (Å²) in [6.45, 7) is 4.33. The van der Waals surface area contributed by atoms with Gasteiger partial charge >= 0.3 is 5.97 Å². The molecule has 4 nitrogen and oxygen atoms in total. The second-order valence-electron chi connectivity index (χ2n) is 5.36. The van der Waals surface area contributed by atoms with E-state index in [0.717, 1.165) is 24.4 Å². The highest BCUT2D eigenvalue weighted by Crippen LogP contribution is 2.33. The van der Waals surface area contributed by atoms with E-state index in [1.54, 1.807) is 7.11 Å². The highest BCUT2D eigenvalue weighted by Gasteiger charge is 2.27. The summed E-state index contributed by atoms with van der Waals surface area (Å²) in [7, 11) is 1.68. The van der Waals surface area contributed by atoms with Crippen LogP contribution in [0.4, 0.5) is 0 Å². The van der Waals surface area contributed by atoms with Crippen LogP contribution >= 0.6 is 0 Å². The van der Waals surface area contributed by atoms with Gasteiger partial charge in [-0.25, -0.2) is 0 Å². The lowest BCUT2D eigenvalue weighted by molar-refractivity contribution is -0.144. The molecule has 1 saturated heterocycles. The van der Waals surface area contributed by atoms with Crippen molar-refractivity contribution in [3.63, 3.8) is 0 Å². The van der Waals surface area contributed by atoms with Crippen molar-refractivity contribution in [1.82, 2.24) is 4.90 Å². The third-order valence-corrected chi connectivity index (χ3v) is 3.99. The van der Waals surface area contributed by atoms with Crippen LogP contribution in [0.25, 0.3) is 0 Å². The largest absolute Gasteiger partial charge is 0.496 e. The van der Waals surface area contributed by atoms with Gasteiger partial charge < -0.3 is 9.47 Å². The lowest BCUT2D eigenvalue weighted by Crippen LogP contribution is -2.35. The van der Waals surface area contributed by atoms with Crippen molar-refractivity contribution in [3.8, 4) is 5.75 Å². The van der Waals surface area contributed by atoms with Crippen LogP contribution in [0.5, 0.6) is 5.75 Å². The molecule has 1 aliphatic rings. The molecule has 0 saturated carbocycles. The molecule has 0 bridgehead atoms. The molecule has 21 heavy (non-hydrogen) atoms. The first kappa shape index (κ1) is 15.8. The van der Waals surface area contributed by atoms with E-state index >= 15 is 0 Å². The van der Waals surface area contributed by atoms with E-state index in [2.05, 4.69) is 11.0 Å². The molecule has 116 valence electrons. The van der Waals surface area contributed by atoms with Crippen LogP contribution in [-0.4, -0.2) is 37.7 Å². The highest BCUT2D eigenvalue weighted by molar-refractivity contribution is 5.70. The Kier molecular flexibility index (Phi) is 6.05. The number of nitrogens with zero attached hydrogens (tertiary/aromatic N) is 1. The number of rotatable bonds is 6. The third kappa shape index (κ3) is 4.21. The Morgan fingerprint density at radius 3 is 2.62 bits per heavy atom. The maximum atomic E-state index is 12.0. The molecule has 0 N–H and O–H groups in total. The average Bonchev–Trinajstić information content (AvgIpc) is 2.54. The van der Waals surface area contributed by atoms with Crippen molar-refractivity contribution in [3.05, 3.63) is 29.8 Å². The van der Waals surface area contributed by atoms with Crippen molar-refractivity contribution >= 4 is 5.97 Å². The number of methoxy groups -OCH3 is 1. The van der Waals surface area contributed by atoms with E-state index in [9.17, 15) is 4.79 Å². The predicted octanol–water partition coefficient (Wildman–Crippen LogP) is 3.18. The second-order valence-corrected chi connectivity index (χ2v) is 5.36. The fourth-order valence-electron chi connectivity index (χ4n) is 2.99. The Morgan fingerprint density at radius 2 is 1.95 bits per heavy atom. The van der Waals surface area contributed by atoms with Crippen molar-refractivity contribution in [2.45, 2.75) is 38.6 Å². The Labute approximate surface area is 127 Å². The van der Waals surface area contributed by atoms with Crippen LogP contribution in [0.3, 0.4) is 0 Å². The minimum atomic E-state index is -0.140. The third-order valence-electron chi connectivity index (χ3n) is 3.99. The summed E-state index contributed by atoms with van der Waals surface area (Å²) >= 11 is 0. The molecule has 0 amide bonds. The summed E-state index contributed by atoms with van der Waals surface area (Å²) in [5.41, 5.74) is 1.08. The van der Waals surface area contributed by atoms with Crippen molar-refractivity contribution in [2.75, 3.05) is 26.8 Å². The van der Waals surface area contributed by atoms with Crippen molar-refractivity contribution < 1.29 is 14.3 Å². The molecule has 0 aliphatic carbocycles. The molecule has 1 fully saturated rings. The summed E-state index contributed by atoms with van der Waals surface area (Å²) in [4.78, 5) is 14.4. The van der Waals surface area contributed by atoms with Gasteiger partial charge in [-0.3, -0.25) is 9.69 Å². The average molecular weight is 291 g/mol. The molecule has 1 aromatic rings. The van der Waals surface area contributed by atoms with Crippen LogP contribution in [0.2, 0.25) is 0 Å². The first-order chi connectivity index (χ1) is 10.3. The normalized spacial score (nSPS) is 17.2. The number of carbonyl (C=O) groups excluding carboxylic acids is 1. The number of carbonyl (C=O) groups is 1. The summed E-state index contributed by atoms with van der Waals surface area (Å²) in [6, 6.07) is 8.01. The van der Waals surface area contributed by atoms with Crippen molar-refractivity contribution in [2.24, 2.45) is 0 Å². The topological polar surface area (TPSA) is 38.8 Å². The molecule has 1 atom stereocenters. The van der Waals surface area contributed by atoms with Crippen LogP contribution in [0.1, 0.15) is 44.2 Å². The van der Waals surface area contributed by atoms with Gasteiger partial charge in [-0.2, -0.15) is 0 Å². The Hall–Kier alpha value is -1.55. The Bertz CT molecular complexity index is 455. The molecule has 1 heterocycles. The molecule has 4 heteroatoms. The zero-order valence-corrected chi connectivity index (χ0v) is 13.0. The maximum absolute atomic E-state index is 12.0. The highest BCUT2D eigenvalue weighted by atomic mass is 16.5. The minimum Gasteiger partial charge on any atom is -0.496 e. The number of ether oxygens (including phenoxy) is 2. The lowest BCUT2D eigenvalue weighted by atomic mass is 9.98. The molecule has 1 aliphatic heterocycles. The summed E-state index contributed by atoms with van der Waals surface area (Å²) in [5, 5.41) is 0. The predicted molar refractivity (Wildman–Crippen MR) is 82.4 cm³/mol. The molecule has 1 aromatic carbocycles. The molecular weight excluding hydrogens is 266 g/mol. The standard InChI is InChI=1S/C17H25NO3/c1-3-21-17(19)13-15(18-11-7-4-8-12-18)14-9-5-6-10-16(14)20-2/h5-6,9-10,15H,3-4,7-8,11-13H2,1-2H3. The van der Waals surface area contributed by atoms with Crippen LogP contribution in [-0.2, 0) is 9.53 Å². The van der Waals surface area contributed by atoms with Gasteiger partial charge in [0.15, 0.2) is 0 Å². The number of esters is 1. The lowest BCUT2D eigenvalue weighted by Gasteiger charge is -2.35. The van der Waals surface area contributed by atoms with Gasteiger partial charge in [-0.15, -0.1) is 0 Å². The van der Waals surface area contributed by atoms with E-state index in [-0.39, 0.29) is 12.0 Å². The van der Waals surface area contributed by atoms with Gasteiger partial charge in [0, 0.05) is 11.6 Å². The number of hydrogen-bond acceptors (Lipinski definition) is 4. The fourth-order valence-corrected chi connectivity index (χ4v) is 2.99. The quantitative estimate of drug-likeness (QED) is 0.755. The number of para-hydroxylation sites is 1. The Balaban J connectivity index is 2.23. The maximum Gasteiger partial charge on any atom is 0.307 e. The van der Waals surface area contributed by atoms with Gasteiger partial charge in [0.1, 0.15) is 5.75 Å². The monoisotopic (exact) mass is 291 g/mol. The molecule has 2 rings (SSSR count). The summed E-state index contributed by atoms with van der Waals surface area (Å²) in [5.74, 6) is 0.705. The van der Waals surface area contributed by atoms with Gasteiger partial charge in [0.25, 0.3) is 0 Å². The molecule has 0 radical (unpaired) electrons. The zero-order chi connectivity index (χ0) is 15.1. The Morgan fingerprint density at radius 1 is 1.24 bits per heavy atom. The zero-order valence-electron chi connectivity index (χ0n) is 13.0.